The van der Waals surface area contributed by atoms with Crippen LogP contribution in [0.2, 0.25) is 0 Å². The van der Waals surface area contributed by atoms with Crippen molar-refractivity contribution in [3.05, 3.63) is 23.5 Å². The predicted molar refractivity (Wildman–Crippen MR) is 66.0 cm³/mol. The summed E-state index contributed by atoms with van der Waals surface area (Å²) in [6, 6.07) is 2.92. The van der Waals surface area contributed by atoms with Crippen LogP contribution >= 0.6 is 0 Å². The van der Waals surface area contributed by atoms with E-state index < -0.39 is 11.8 Å². The fraction of sp³-hybridized carbons (Fsp3) is 0.462. The first-order chi connectivity index (χ1) is 8.65. The van der Waals surface area contributed by atoms with Gasteiger partial charge in [0.15, 0.2) is 11.6 Å². The first-order valence-corrected chi connectivity index (χ1v) is 6.00. The number of carbonyl (C=O) groups is 1. The largest absolute Gasteiger partial charge is 0.493 e. The standard InChI is InChI=1S/C13H16FNO3/c1-18-12-9(13(16)17)5-6-10(11(12)14)15-7-3-2-4-8-15/h5-6H,2-4,7-8H2,1H3,(H,16,17). The fourth-order valence-electron chi connectivity index (χ4n) is 2.29. The quantitative estimate of drug-likeness (QED) is 0.899. The Hall–Kier alpha value is -1.78. The summed E-state index contributed by atoms with van der Waals surface area (Å²) < 4.78 is 19.1. The van der Waals surface area contributed by atoms with E-state index >= 15 is 0 Å². The number of methoxy groups -OCH3 is 1. The molecule has 18 heavy (non-hydrogen) atoms. The lowest BCUT2D eigenvalue weighted by atomic mass is 10.1. The van der Waals surface area contributed by atoms with Crippen molar-refractivity contribution in [1.82, 2.24) is 0 Å². The molecule has 0 saturated carbocycles. The number of carboxylic acid groups (broad SMARTS) is 1. The van der Waals surface area contributed by atoms with E-state index in [4.69, 9.17) is 9.84 Å². The zero-order chi connectivity index (χ0) is 13.1. The normalized spacial score (nSPS) is 15.6. The molecule has 0 aromatic heterocycles. The van der Waals surface area contributed by atoms with Gasteiger partial charge >= 0.3 is 5.97 Å². The molecule has 1 aliphatic rings. The summed E-state index contributed by atoms with van der Waals surface area (Å²) >= 11 is 0. The number of nitrogens with zero attached hydrogens (tertiary/aromatic N) is 1. The summed E-state index contributed by atoms with van der Waals surface area (Å²) in [6.07, 6.45) is 3.22. The minimum absolute atomic E-state index is 0.143. The maximum absolute atomic E-state index is 14.2. The van der Waals surface area contributed by atoms with E-state index in [-0.39, 0.29) is 11.3 Å². The molecule has 0 bridgehead atoms. The van der Waals surface area contributed by atoms with Gasteiger partial charge in [-0.05, 0) is 31.4 Å². The van der Waals surface area contributed by atoms with Gasteiger partial charge in [0.25, 0.3) is 0 Å². The molecule has 0 atom stereocenters. The van der Waals surface area contributed by atoms with Gasteiger partial charge in [0.05, 0.1) is 12.8 Å². The lowest BCUT2D eigenvalue weighted by Gasteiger charge is -2.29. The topological polar surface area (TPSA) is 49.8 Å². The number of hydrogen-bond donors (Lipinski definition) is 1. The Morgan fingerprint density at radius 1 is 1.33 bits per heavy atom. The monoisotopic (exact) mass is 253 g/mol. The third kappa shape index (κ3) is 2.25. The van der Waals surface area contributed by atoms with E-state index in [2.05, 4.69) is 0 Å². The summed E-state index contributed by atoms with van der Waals surface area (Å²) in [5, 5.41) is 8.96. The average molecular weight is 253 g/mol. The Bertz CT molecular complexity index is 456. The molecule has 0 aliphatic carbocycles. The van der Waals surface area contributed by atoms with Crippen LogP contribution < -0.4 is 9.64 Å². The summed E-state index contributed by atoms with van der Waals surface area (Å²) in [4.78, 5) is 12.9. The lowest BCUT2D eigenvalue weighted by Crippen LogP contribution is -2.30. The molecule has 1 aliphatic heterocycles. The predicted octanol–water partition coefficient (Wildman–Crippen LogP) is 2.52. The number of halogens is 1. The number of rotatable bonds is 3. The van der Waals surface area contributed by atoms with Gasteiger partial charge in [-0.3, -0.25) is 0 Å². The molecule has 98 valence electrons. The third-order valence-electron chi connectivity index (χ3n) is 3.21. The van der Waals surface area contributed by atoms with Crippen LogP contribution in [0.5, 0.6) is 5.75 Å². The summed E-state index contributed by atoms with van der Waals surface area (Å²) in [5.74, 6) is -1.96. The van der Waals surface area contributed by atoms with E-state index in [0.29, 0.717) is 5.69 Å². The van der Waals surface area contributed by atoms with Crippen LogP contribution in [0.15, 0.2) is 12.1 Å². The number of anilines is 1. The highest BCUT2D eigenvalue weighted by Crippen LogP contribution is 2.32. The second-order valence-electron chi connectivity index (χ2n) is 4.33. The molecule has 1 fully saturated rings. The molecule has 1 saturated heterocycles. The molecule has 0 unspecified atom stereocenters. The first-order valence-electron chi connectivity index (χ1n) is 6.00. The van der Waals surface area contributed by atoms with Crippen molar-refractivity contribution in [2.45, 2.75) is 19.3 Å². The van der Waals surface area contributed by atoms with Gasteiger partial charge in [-0.1, -0.05) is 0 Å². The van der Waals surface area contributed by atoms with E-state index in [1.54, 1.807) is 0 Å². The maximum atomic E-state index is 14.2. The number of ether oxygens (including phenoxy) is 1. The highest BCUT2D eigenvalue weighted by molar-refractivity contribution is 5.91. The van der Waals surface area contributed by atoms with Gasteiger partial charge in [-0.25, -0.2) is 9.18 Å². The van der Waals surface area contributed by atoms with Gasteiger partial charge in [0, 0.05) is 13.1 Å². The minimum Gasteiger partial charge on any atom is -0.493 e. The van der Waals surface area contributed by atoms with Crippen molar-refractivity contribution < 1.29 is 19.0 Å². The van der Waals surface area contributed by atoms with Crippen molar-refractivity contribution in [3.63, 3.8) is 0 Å². The zero-order valence-corrected chi connectivity index (χ0v) is 10.3. The third-order valence-corrected chi connectivity index (χ3v) is 3.21. The molecule has 1 aromatic rings. The molecule has 0 radical (unpaired) electrons. The Balaban J connectivity index is 2.40. The van der Waals surface area contributed by atoms with Gasteiger partial charge in [-0.15, -0.1) is 0 Å². The number of aromatic carboxylic acids is 1. The van der Waals surface area contributed by atoms with Crippen molar-refractivity contribution >= 4 is 11.7 Å². The first kappa shape index (κ1) is 12.7. The smallest absolute Gasteiger partial charge is 0.339 e. The highest BCUT2D eigenvalue weighted by Gasteiger charge is 2.22. The van der Waals surface area contributed by atoms with Gasteiger partial charge in [0.1, 0.15) is 5.56 Å². The SMILES string of the molecule is COc1c(C(=O)O)ccc(N2CCCCC2)c1F. The van der Waals surface area contributed by atoms with E-state index in [9.17, 15) is 9.18 Å². The molecule has 0 spiro atoms. The van der Waals surface area contributed by atoms with Crippen molar-refractivity contribution in [2.24, 2.45) is 0 Å². The van der Waals surface area contributed by atoms with E-state index in [1.807, 2.05) is 4.90 Å². The summed E-state index contributed by atoms with van der Waals surface area (Å²) in [6.45, 7) is 1.60. The Morgan fingerprint density at radius 2 is 2.00 bits per heavy atom. The van der Waals surface area contributed by atoms with Crippen LogP contribution in [0.4, 0.5) is 10.1 Å². The molecule has 1 aromatic carbocycles. The van der Waals surface area contributed by atoms with Gasteiger partial charge < -0.3 is 14.7 Å². The second-order valence-corrected chi connectivity index (χ2v) is 4.33. The highest BCUT2D eigenvalue weighted by atomic mass is 19.1. The Labute approximate surface area is 105 Å². The van der Waals surface area contributed by atoms with Crippen molar-refractivity contribution in [3.8, 4) is 5.75 Å². The summed E-state index contributed by atoms with van der Waals surface area (Å²) in [7, 11) is 1.28. The number of piperidine rings is 1. The molecular formula is C13H16FNO3. The second kappa shape index (κ2) is 5.25. The number of benzene rings is 1. The van der Waals surface area contributed by atoms with Crippen molar-refractivity contribution in [2.75, 3.05) is 25.1 Å². The minimum atomic E-state index is -1.18. The molecule has 0 amide bonds. The molecular weight excluding hydrogens is 237 g/mol. The molecule has 1 N–H and O–H groups in total. The zero-order valence-electron chi connectivity index (χ0n) is 10.3. The summed E-state index contributed by atoms with van der Waals surface area (Å²) in [5.41, 5.74) is 0.285. The fourth-order valence-corrected chi connectivity index (χ4v) is 2.29. The lowest BCUT2D eigenvalue weighted by molar-refractivity contribution is 0.0692. The molecule has 2 rings (SSSR count). The maximum Gasteiger partial charge on any atom is 0.339 e. The molecule has 4 nitrogen and oxygen atoms in total. The van der Waals surface area contributed by atoms with Crippen LogP contribution in [0.25, 0.3) is 0 Å². The van der Waals surface area contributed by atoms with E-state index in [0.717, 1.165) is 32.4 Å². The molecule has 1 heterocycles. The van der Waals surface area contributed by atoms with Crippen LogP contribution in [-0.4, -0.2) is 31.3 Å². The van der Waals surface area contributed by atoms with Gasteiger partial charge in [-0.2, -0.15) is 0 Å². The Kier molecular flexibility index (Phi) is 3.69. The van der Waals surface area contributed by atoms with Crippen LogP contribution in [0, 0.1) is 5.82 Å². The molecule has 5 heteroatoms. The van der Waals surface area contributed by atoms with Crippen molar-refractivity contribution in [1.29, 1.82) is 0 Å². The van der Waals surface area contributed by atoms with Crippen LogP contribution in [0.1, 0.15) is 29.6 Å². The number of carboxylic acids is 1. The average Bonchev–Trinajstić information content (AvgIpc) is 2.39. The Morgan fingerprint density at radius 3 is 2.56 bits per heavy atom. The van der Waals surface area contributed by atoms with Crippen LogP contribution in [-0.2, 0) is 0 Å². The van der Waals surface area contributed by atoms with E-state index in [1.165, 1.54) is 19.2 Å². The number of hydrogen-bond acceptors (Lipinski definition) is 3. The van der Waals surface area contributed by atoms with Crippen LogP contribution in [0.3, 0.4) is 0 Å². The van der Waals surface area contributed by atoms with Gasteiger partial charge in [0.2, 0.25) is 0 Å².